The number of hydrogen-bond donors (Lipinski definition) is 0. The summed E-state index contributed by atoms with van der Waals surface area (Å²) in [5.41, 5.74) is 4.01. The van der Waals surface area contributed by atoms with E-state index in [1.807, 2.05) is 49.6 Å². The molecule has 1 aliphatic heterocycles. The summed E-state index contributed by atoms with van der Waals surface area (Å²) in [6, 6.07) is 12.0. The molecule has 2 aromatic carbocycles. The molecular formula is C19H15N5O3S. The topological polar surface area (TPSA) is 84.2 Å². The quantitative estimate of drug-likeness (QED) is 0.525. The van der Waals surface area contributed by atoms with E-state index in [4.69, 9.17) is 14.2 Å². The Morgan fingerprint density at radius 3 is 2.64 bits per heavy atom. The van der Waals surface area contributed by atoms with Gasteiger partial charge in [-0.15, -0.1) is 5.10 Å². The number of hydrogen-bond acceptors (Lipinski definition) is 8. The van der Waals surface area contributed by atoms with E-state index in [1.165, 1.54) is 11.5 Å². The summed E-state index contributed by atoms with van der Waals surface area (Å²) in [5.74, 6) is 2.68. The number of nitrogens with zero attached hydrogens (tertiary/aromatic N) is 5. The zero-order valence-electron chi connectivity index (χ0n) is 15.1. The van der Waals surface area contributed by atoms with Crippen molar-refractivity contribution in [3.8, 4) is 50.2 Å². The Balaban J connectivity index is 1.55. The van der Waals surface area contributed by atoms with Gasteiger partial charge < -0.3 is 14.2 Å². The molecule has 0 fully saturated rings. The first-order valence-corrected chi connectivity index (χ1v) is 9.28. The Morgan fingerprint density at radius 2 is 1.89 bits per heavy atom. The molecule has 28 heavy (non-hydrogen) atoms. The highest BCUT2D eigenvalue weighted by atomic mass is 32.1. The molecule has 0 spiro atoms. The normalized spacial score (nSPS) is 12.4. The van der Waals surface area contributed by atoms with Crippen molar-refractivity contribution in [2.75, 3.05) is 13.9 Å². The summed E-state index contributed by atoms with van der Waals surface area (Å²) in [6.45, 7) is 0.197. The lowest BCUT2D eigenvalue weighted by molar-refractivity contribution is 0.171. The fourth-order valence-corrected chi connectivity index (χ4v) is 3.94. The van der Waals surface area contributed by atoms with Gasteiger partial charge in [-0.2, -0.15) is 4.37 Å². The van der Waals surface area contributed by atoms with E-state index in [9.17, 15) is 0 Å². The van der Waals surface area contributed by atoms with E-state index in [0.717, 1.165) is 33.0 Å². The number of aromatic nitrogens is 5. The summed E-state index contributed by atoms with van der Waals surface area (Å²) in [7, 11) is 3.44. The van der Waals surface area contributed by atoms with Crippen molar-refractivity contribution in [2.24, 2.45) is 7.05 Å². The second-order valence-electron chi connectivity index (χ2n) is 6.18. The average molecular weight is 393 g/mol. The first-order chi connectivity index (χ1) is 13.7. The van der Waals surface area contributed by atoms with Crippen LogP contribution in [0.25, 0.3) is 33.0 Å². The van der Waals surface area contributed by atoms with Gasteiger partial charge in [0.25, 0.3) is 0 Å². The Morgan fingerprint density at radius 1 is 1.07 bits per heavy atom. The number of aryl methyl sites for hydroxylation is 1. The Kier molecular flexibility index (Phi) is 3.94. The van der Waals surface area contributed by atoms with E-state index in [1.54, 1.807) is 11.8 Å². The minimum absolute atomic E-state index is 0.197. The zero-order valence-corrected chi connectivity index (χ0v) is 15.9. The number of fused-ring (bicyclic) bond motifs is 1. The van der Waals surface area contributed by atoms with E-state index in [-0.39, 0.29) is 6.79 Å². The first kappa shape index (κ1) is 16.7. The van der Waals surface area contributed by atoms with Crippen LogP contribution in [0.3, 0.4) is 0 Å². The molecule has 0 unspecified atom stereocenters. The molecule has 5 rings (SSSR count). The van der Waals surface area contributed by atoms with Gasteiger partial charge in [0.1, 0.15) is 0 Å². The molecule has 8 nitrogen and oxygen atoms in total. The van der Waals surface area contributed by atoms with Crippen molar-refractivity contribution in [3.63, 3.8) is 0 Å². The molecular weight excluding hydrogens is 378 g/mol. The predicted molar refractivity (Wildman–Crippen MR) is 103 cm³/mol. The summed E-state index contributed by atoms with van der Waals surface area (Å²) in [6.07, 6.45) is 1.87. The number of methoxy groups -OCH3 is 1. The van der Waals surface area contributed by atoms with Gasteiger partial charge in [0, 0.05) is 29.9 Å². The van der Waals surface area contributed by atoms with Crippen molar-refractivity contribution in [2.45, 2.75) is 0 Å². The third-order valence-electron chi connectivity index (χ3n) is 4.57. The van der Waals surface area contributed by atoms with Crippen LogP contribution in [0.5, 0.6) is 17.2 Å². The molecule has 9 heteroatoms. The second-order valence-corrected chi connectivity index (χ2v) is 6.99. The minimum atomic E-state index is 0.197. The van der Waals surface area contributed by atoms with Crippen LogP contribution >= 0.6 is 11.5 Å². The SMILES string of the molecule is COc1cc(-c2sncc2-c2ccc(-c3nnnn3C)cc2)cc2c1OCO2. The van der Waals surface area contributed by atoms with E-state index in [2.05, 4.69) is 19.9 Å². The predicted octanol–water partition coefficient (Wildman–Crippen LogP) is 3.40. The van der Waals surface area contributed by atoms with Crippen LogP contribution in [0.1, 0.15) is 0 Å². The standard InChI is InChI=1S/C19H15N5O3S/c1-24-19(21-22-23-24)12-5-3-11(4-6-12)14-9-20-28-18(14)13-7-15(25-2)17-16(8-13)26-10-27-17/h3-9H,10H2,1-2H3. The van der Waals surface area contributed by atoms with Gasteiger partial charge in [-0.3, -0.25) is 0 Å². The third-order valence-corrected chi connectivity index (χ3v) is 5.41. The highest BCUT2D eigenvalue weighted by molar-refractivity contribution is 7.10. The molecule has 0 bridgehead atoms. The minimum Gasteiger partial charge on any atom is -0.493 e. The van der Waals surface area contributed by atoms with Crippen molar-refractivity contribution >= 4 is 11.5 Å². The molecule has 1 aliphatic rings. The van der Waals surface area contributed by atoms with Gasteiger partial charge in [0.05, 0.1) is 12.0 Å². The lowest BCUT2D eigenvalue weighted by Crippen LogP contribution is -1.94. The van der Waals surface area contributed by atoms with Crippen LogP contribution in [0.2, 0.25) is 0 Å². The summed E-state index contributed by atoms with van der Waals surface area (Å²) in [4.78, 5) is 1.03. The fourth-order valence-electron chi connectivity index (χ4n) is 3.19. The van der Waals surface area contributed by atoms with Crippen LogP contribution in [-0.2, 0) is 7.05 Å². The van der Waals surface area contributed by atoms with Gasteiger partial charge >= 0.3 is 0 Å². The van der Waals surface area contributed by atoms with Gasteiger partial charge in [-0.05, 0) is 39.7 Å². The Bertz CT molecular complexity index is 1150. The fraction of sp³-hybridized carbons (Fsp3) is 0.158. The number of ether oxygens (including phenoxy) is 3. The van der Waals surface area contributed by atoms with Crippen molar-refractivity contribution in [1.29, 1.82) is 0 Å². The molecule has 2 aromatic heterocycles. The van der Waals surface area contributed by atoms with Crippen molar-refractivity contribution < 1.29 is 14.2 Å². The van der Waals surface area contributed by atoms with Crippen molar-refractivity contribution in [1.82, 2.24) is 24.6 Å². The van der Waals surface area contributed by atoms with E-state index < -0.39 is 0 Å². The second kappa shape index (κ2) is 6.61. The molecule has 0 saturated heterocycles. The number of rotatable bonds is 4. The molecule has 3 heterocycles. The third kappa shape index (κ3) is 2.67. The lowest BCUT2D eigenvalue weighted by Gasteiger charge is -2.09. The zero-order chi connectivity index (χ0) is 19.1. The van der Waals surface area contributed by atoms with Gasteiger partial charge in [-0.25, -0.2) is 4.68 Å². The highest BCUT2D eigenvalue weighted by Gasteiger charge is 2.22. The van der Waals surface area contributed by atoms with Crippen LogP contribution in [0.15, 0.2) is 42.6 Å². The Hall–Kier alpha value is -3.46. The smallest absolute Gasteiger partial charge is 0.231 e. The molecule has 140 valence electrons. The summed E-state index contributed by atoms with van der Waals surface area (Å²) < 4.78 is 22.6. The highest BCUT2D eigenvalue weighted by Crippen LogP contribution is 2.46. The average Bonchev–Trinajstić information content (AvgIpc) is 3.47. The lowest BCUT2D eigenvalue weighted by atomic mass is 10.0. The molecule has 0 radical (unpaired) electrons. The maximum Gasteiger partial charge on any atom is 0.231 e. The van der Waals surface area contributed by atoms with Crippen LogP contribution in [0.4, 0.5) is 0 Å². The molecule has 0 atom stereocenters. The van der Waals surface area contributed by atoms with Gasteiger partial charge in [-0.1, -0.05) is 24.3 Å². The maximum absolute atomic E-state index is 5.55. The number of benzene rings is 2. The Labute approximate surface area is 164 Å². The molecule has 4 aromatic rings. The first-order valence-electron chi connectivity index (χ1n) is 8.50. The summed E-state index contributed by atoms with van der Waals surface area (Å²) >= 11 is 1.43. The summed E-state index contributed by atoms with van der Waals surface area (Å²) in [5, 5.41) is 11.6. The molecule has 0 N–H and O–H groups in total. The van der Waals surface area contributed by atoms with E-state index >= 15 is 0 Å². The molecule has 0 saturated carbocycles. The van der Waals surface area contributed by atoms with Crippen LogP contribution < -0.4 is 14.2 Å². The largest absolute Gasteiger partial charge is 0.493 e. The monoisotopic (exact) mass is 393 g/mol. The van der Waals surface area contributed by atoms with Gasteiger partial charge in [0.15, 0.2) is 17.3 Å². The molecule has 0 aliphatic carbocycles. The van der Waals surface area contributed by atoms with E-state index in [0.29, 0.717) is 17.2 Å². The van der Waals surface area contributed by atoms with Crippen LogP contribution in [0, 0.1) is 0 Å². The maximum atomic E-state index is 5.55. The van der Waals surface area contributed by atoms with Gasteiger partial charge in [0.2, 0.25) is 12.5 Å². The van der Waals surface area contributed by atoms with Crippen LogP contribution in [-0.4, -0.2) is 38.5 Å². The molecule has 0 amide bonds. The van der Waals surface area contributed by atoms with Crippen molar-refractivity contribution in [3.05, 3.63) is 42.6 Å². The number of tetrazole rings is 1.